The second-order valence-electron chi connectivity index (χ2n) is 4.98. The summed E-state index contributed by atoms with van der Waals surface area (Å²) in [6.45, 7) is 0. The molecule has 2 N–H and O–H groups in total. The maximum Gasteiger partial charge on any atom is 0.341 e. The SMILES string of the molecule is O=C1N=C2CCCCC2C(c2cccc(O)c2)N1. The average Bonchev–Trinajstić information content (AvgIpc) is 2.37. The quantitative estimate of drug-likeness (QED) is 0.798. The standard InChI is InChI=1S/C14H16N2O2/c17-10-5-3-4-9(8-10)13-11-6-1-2-7-12(11)15-14(18)16-13/h3-5,8,11,13,17H,1-2,6-7H2,(H,16,18). The number of hydrogen-bond acceptors (Lipinski definition) is 2. The number of aromatic hydroxyl groups is 1. The molecule has 1 aromatic rings. The van der Waals surface area contributed by atoms with E-state index in [0.717, 1.165) is 30.5 Å². The Bertz CT molecular complexity index is 510. The smallest absolute Gasteiger partial charge is 0.341 e. The third-order valence-electron chi connectivity index (χ3n) is 3.78. The first-order chi connectivity index (χ1) is 8.74. The summed E-state index contributed by atoms with van der Waals surface area (Å²) in [6, 6.07) is 6.83. The predicted octanol–water partition coefficient (Wildman–Crippen LogP) is 2.79. The molecule has 18 heavy (non-hydrogen) atoms. The van der Waals surface area contributed by atoms with E-state index in [2.05, 4.69) is 10.3 Å². The number of benzene rings is 1. The van der Waals surface area contributed by atoms with E-state index in [1.165, 1.54) is 6.42 Å². The van der Waals surface area contributed by atoms with Crippen molar-refractivity contribution >= 4 is 11.7 Å². The lowest BCUT2D eigenvalue weighted by Crippen LogP contribution is -2.42. The Morgan fingerprint density at radius 2 is 2.22 bits per heavy atom. The number of carbonyl (C=O) groups excluding carboxylic acids is 1. The molecule has 0 saturated heterocycles. The van der Waals surface area contributed by atoms with Crippen LogP contribution in [0.25, 0.3) is 0 Å². The zero-order valence-electron chi connectivity index (χ0n) is 10.1. The topological polar surface area (TPSA) is 61.7 Å². The van der Waals surface area contributed by atoms with Gasteiger partial charge in [-0.15, -0.1) is 0 Å². The molecule has 94 valence electrons. The number of urea groups is 1. The second-order valence-corrected chi connectivity index (χ2v) is 4.98. The van der Waals surface area contributed by atoms with E-state index in [1.807, 2.05) is 12.1 Å². The Balaban J connectivity index is 1.96. The van der Waals surface area contributed by atoms with Gasteiger partial charge in [0.2, 0.25) is 0 Å². The minimum atomic E-state index is -0.253. The van der Waals surface area contributed by atoms with Crippen molar-refractivity contribution in [3.05, 3.63) is 29.8 Å². The maximum absolute atomic E-state index is 11.6. The van der Waals surface area contributed by atoms with Crippen LogP contribution in [0.5, 0.6) is 5.75 Å². The highest BCUT2D eigenvalue weighted by atomic mass is 16.3. The van der Waals surface area contributed by atoms with Gasteiger partial charge in [0.15, 0.2) is 0 Å². The highest BCUT2D eigenvalue weighted by molar-refractivity contribution is 5.99. The number of phenolic OH excluding ortho intramolecular Hbond substituents is 1. The van der Waals surface area contributed by atoms with Crippen molar-refractivity contribution in [1.82, 2.24) is 5.32 Å². The molecule has 2 atom stereocenters. The number of fused-ring (bicyclic) bond motifs is 1. The van der Waals surface area contributed by atoms with Crippen LogP contribution in [0.2, 0.25) is 0 Å². The Kier molecular flexibility index (Phi) is 2.78. The van der Waals surface area contributed by atoms with E-state index >= 15 is 0 Å². The maximum atomic E-state index is 11.6. The molecular weight excluding hydrogens is 228 g/mol. The number of carbonyl (C=O) groups is 1. The van der Waals surface area contributed by atoms with E-state index in [1.54, 1.807) is 12.1 Å². The molecule has 3 rings (SSSR count). The van der Waals surface area contributed by atoms with Crippen LogP contribution < -0.4 is 5.32 Å². The molecule has 0 radical (unpaired) electrons. The molecule has 0 aromatic heterocycles. The molecule has 2 aliphatic rings. The second kappa shape index (κ2) is 4.44. The highest BCUT2D eigenvalue weighted by Gasteiger charge is 2.34. The third kappa shape index (κ3) is 1.98. The van der Waals surface area contributed by atoms with Gasteiger partial charge in [-0.25, -0.2) is 9.79 Å². The van der Waals surface area contributed by atoms with Crippen molar-refractivity contribution in [2.24, 2.45) is 10.9 Å². The molecule has 4 nitrogen and oxygen atoms in total. The van der Waals surface area contributed by atoms with Crippen LogP contribution in [-0.4, -0.2) is 16.8 Å². The summed E-state index contributed by atoms with van der Waals surface area (Å²) in [7, 11) is 0. The fourth-order valence-corrected chi connectivity index (χ4v) is 2.95. The van der Waals surface area contributed by atoms with Gasteiger partial charge >= 0.3 is 6.03 Å². The zero-order valence-corrected chi connectivity index (χ0v) is 10.1. The zero-order chi connectivity index (χ0) is 12.5. The van der Waals surface area contributed by atoms with E-state index in [4.69, 9.17) is 0 Å². The van der Waals surface area contributed by atoms with Crippen LogP contribution in [0.3, 0.4) is 0 Å². The summed E-state index contributed by atoms with van der Waals surface area (Å²) in [4.78, 5) is 15.7. The van der Waals surface area contributed by atoms with E-state index in [0.29, 0.717) is 5.92 Å². The van der Waals surface area contributed by atoms with Gasteiger partial charge in [0.1, 0.15) is 5.75 Å². The Labute approximate surface area is 106 Å². The number of aliphatic imine (C=N–C) groups is 1. The van der Waals surface area contributed by atoms with Gasteiger partial charge in [-0.1, -0.05) is 18.6 Å². The third-order valence-corrected chi connectivity index (χ3v) is 3.78. The van der Waals surface area contributed by atoms with Gasteiger partial charge in [0, 0.05) is 11.6 Å². The van der Waals surface area contributed by atoms with Gasteiger partial charge < -0.3 is 10.4 Å². The summed E-state index contributed by atoms with van der Waals surface area (Å²) in [6.07, 6.45) is 4.27. The van der Waals surface area contributed by atoms with Gasteiger partial charge in [-0.2, -0.15) is 0 Å². The summed E-state index contributed by atoms with van der Waals surface area (Å²) in [5.74, 6) is 0.528. The minimum Gasteiger partial charge on any atom is -0.508 e. The number of phenols is 1. The predicted molar refractivity (Wildman–Crippen MR) is 68.8 cm³/mol. The van der Waals surface area contributed by atoms with E-state index in [-0.39, 0.29) is 17.8 Å². The van der Waals surface area contributed by atoms with Crippen molar-refractivity contribution < 1.29 is 9.90 Å². The number of nitrogens with one attached hydrogen (secondary N) is 1. The van der Waals surface area contributed by atoms with Crippen LogP contribution in [0.1, 0.15) is 37.3 Å². The van der Waals surface area contributed by atoms with Crippen molar-refractivity contribution in [3.8, 4) is 5.75 Å². The molecule has 2 amide bonds. The highest BCUT2D eigenvalue weighted by Crippen LogP contribution is 2.36. The summed E-state index contributed by atoms with van der Waals surface area (Å²) < 4.78 is 0. The van der Waals surface area contributed by atoms with Crippen LogP contribution in [-0.2, 0) is 0 Å². The summed E-state index contributed by atoms with van der Waals surface area (Å²) in [5.41, 5.74) is 1.99. The monoisotopic (exact) mass is 244 g/mol. The average molecular weight is 244 g/mol. The van der Waals surface area contributed by atoms with E-state index < -0.39 is 0 Å². The molecule has 0 bridgehead atoms. The first-order valence-electron chi connectivity index (χ1n) is 6.41. The van der Waals surface area contributed by atoms with Crippen LogP contribution in [0.4, 0.5) is 4.79 Å². The molecule has 1 fully saturated rings. The first-order valence-corrected chi connectivity index (χ1v) is 6.41. The lowest BCUT2D eigenvalue weighted by atomic mass is 9.78. The van der Waals surface area contributed by atoms with E-state index in [9.17, 15) is 9.90 Å². The Morgan fingerprint density at radius 1 is 1.33 bits per heavy atom. The number of nitrogens with zero attached hydrogens (tertiary/aromatic N) is 1. The molecular formula is C14H16N2O2. The molecule has 1 aliphatic heterocycles. The molecule has 1 aromatic carbocycles. The molecule has 0 spiro atoms. The minimum absolute atomic E-state index is 0.0441. The van der Waals surface area contributed by atoms with Gasteiger partial charge in [0.05, 0.1) is 6.04 Å². The number of rotatable bonds is 1. The number of hydrogen-bond donors (Lipinski definition) is 2. The van der Waals surface area contributed by atoms with Crippen molar-refractivity contribution in [2.75, 3.05) is 0 Å². The fraction of sp³-hybridized carbons (Fsp3) is 0.429. The van der Waals surface area contributed by atoms with Crippen molar-refractivity contribution in [3.63, 3.8) is 0 Å². The lowest BCUT2D eigenvalue weighted by molar-refractivity contribution is 0.237. The molecule has 2 unspecified atom stereocenters. The van der Waals surface area contributed by atoms with Crippen molar-refractivity contribution in [1.29, 1.82) is 0 Å². The lowest BCUT2D eigenvalue weighted by Gasteiger charge is -2.35. The fourth-order valence-electron chi connectivity index (χ4n) is 2.95. The Hall–Kier alpha value is -1.84. The first kappa shape index (κ1) is 11.3. The van der Waals surface area contributed by atoms with Gasteiger partial charge in [-0.05, 0) is 37.0 Å². The molecule has 1 heterocycles. The molecule has 4 heteroatoms. The van der Waals surface area contributed by atoms with Gasteiger partial charge in [-0.3, -0.25) is 0 Å². The Morgan fingerprint density at radius 3 is 3.06 bits per heavy atom. The largest absolute Gasteiger partial charge is 0.508 e. The van der Waals surface area contributed by atoms with Crippen LogP contribution in [0.15, 0.2) is 29.3 Å². The molecule has 1 saturated carbocycles. The van der Waals surface area contributed by atoms with Crippen molar-refractivity contribution in [2.45, 2.75) is 31.7 Å². The van der Waals surface area contributed by atoms with Gasteiger partial charge in [0.25, 0.3) is 0 Å². The normalized spacial score (nSPS) is 27.1. The summed E-state index contributed by atoms with van der Waals surface area (Å²) >= 11 is 0. The van der Waals surface area contributed by atoms with Crippen LogP contribution in [0, 0.1) is 5.92 Å². The number of amides is 2. The molecule has 1 aliphatic carbocycles. The summed E-state index contributed by atoms with van der Waals surface area (Å²) in [5, 5.41) is 12.5. The van der Waals surface area contributed by atoms with Crippen LogP contribution >= 0.6 is 0 Å².